The molecule has 0 saturated carbocycles. The third-order valence-corrected chi connectivity index (χ3v) is 9.48. The quantitative estimate of drug-likeness (QED) is 0.122. The van der Waals surface area contributed by atoms with Crippen molar-refractivity contribution in [3.05, 3.63) is 69.3 Å². The standard InChI is InChI=1S/C37H38N4O10/c1-17-20(4-8-33(42)43)28-14-26-19(3)22(6-10-35(46)47)30(40-26)16-32-24(12-37(50)51)23(7-11-36(48)49)31(41-32)15-27-18(2)21(5-9-34(44)45)29(39-27)13-25(17)38-28/h13-16,40-41H,4-12H2,1-3H3,(H,42,43)(H,44,45)(H,46,47)(H,48,49)(H,50,51)/p+2. The average Bonchev–Trinajstić information content (AvgIpc) is 3.70. The number of aromatic nitrogens is 4. The Morgan fingerprint density at radius 1 is 0.490 bits per heavy atom. The zero-order chi connectivity index (χ0) is 37.1. The molecule has 0 radical (unpaired) electrons. The number of hydrogen-bond acceptors (Lipinski definition) is 5. The number of hydrogen-bond donors (Lipinski definition) is 7. The minimum Gasteiger partial charge on any atom is -0.481 e. The maximum Gasteiger partial charge on any atom is 0.307 e. The lowest BCUT2D eigenvalue weighted by molar-refractivity contribution is -0.388. The van der Waals surface area contributed by atoms with Gasteiger partial charge in [-0.05, 0) is 74.8 Å². The number of aryl methyl sites for hydroxylation is 3. The topological polar surface area (TPSA) is 246 Å². The highest BCUT2D eigenvalue weighted by atomic mass is 16.4. The first-order valence-corrected chi connectivity index (χ1v) is 16.5. The Kier molecular flexibility index (Phi) is 10.5. The maximum absolute atomic E-state index is 12.2. The van der Waals surface area contributed by atoms with E-state index in [-0.39, 0.29) is 51.4 Å². The number of nitrogens with one attached hydrogen (secondary N) is 4. The molecule has 14 heteroatoms. The van der Waals surface area contributed by atoms with Gasteiger partial charge in [0.1, 0.15) is 0 Å². The van der Waals surface area contributed by atoms with Gasteiger partial charge in [-0.1, -0.05) is 0 Å². The zero-order valence-electron chi connectivity index (χ0n) is 28.5. The number of allylic oxidation sites excluding steroid dienone is 4. The summed E-state index contributed by atoms with van der Waals surface area (Å²) in [5.41, 5.74) is 9.95. The summed E-state index contributed by atoms with van der Waals surface area (Å²) in [7, 11) is 0. The van der Waals surface area contributed by atoms with E-state index in [0.717, 1.165) is 27.9 Å². The van der Waals surface area contributed by atoms with E-state index in [9.17, 15) is 49.5 Å². The summed E-state index contributed by atoms with van der Waals surface area (Å²) in [6.45, 7) is 5.56. The van der Waals surface area contributed by atoms with E-state index in [1.54, 1.807) is 12.1 Å². The molecule has 0 saturated heterocycles. The molecule has 3 aromatic heterocycles. The molecule has 0 unspecified atom stereocenters. The lowest BCUT2D eigenvalue weighted by Crippen LogP contribution is -2.11. The fourth-order valence-electron chi connectivity index (χ4n) is 6.82. The molecule has 0 aliphatic carbocycles. The van der Waals surface area contributed by atoms with E-state index in [2.05, 4.69) is 19.9 Å². The Morgan fingerprint density at radius 2 is 0.902 bits per heavy atom. The van der Waals surface area contributed by atoms with Gasteiger partial charge in [-0.2, -0.15) is 0 Å². The molecule has 0 fully saturated rings. The number of carboxylic acid groups (broad SMARTS) is 5. The van der Waals surface area contributed by atoms with Crippen LogP contribution in [0.15, 0.2) is 24.3 Å². The van der Waals surface area contributed by atoms with Crippen LogP contribution in [-0.4, -0.2) is 65.3 Å². The third kappa shape index (κ3) is 8.06. The van der Waals surface area contributed by atoms with Crippen LogP contribution in [0.2, 0.25) is 0 Å². The highest BCUT2D eigenvalue weighted by molar-refractivity contribution is 5.94. The highest BCUT2D eigenvalue weighted by Crippen LogP contribution is 2.35. The highest BCUT2D eigenvalue weighted by Gasteiger charge is 2.30. The summed E-state index contributed by atoms with van der Waals surface area (Å²) >= 11 is 0. The van der Waals surface area contributed by atoms with Crippen LogP contribution >= 0.6 is 0 Å². The van der Waals surface area contributed by atoms with Crippen molar-refractivity contribution in [3.63, 3.8) is 0 Å². The number of aliphatic carboxylic acids is 5. The van der Waals surface area contributed by atoms with Crippen LogP contribution in [0.4, 0.5) is 0 Å². The van der Waals surface area contributed by atoms with Gasteiger partial charge in [0.25, 0.3) is 0 Å². The summed E-state index contributed by atoms with van der Waals surface area (Å²) in [4.78, 5) is 72.3. The predicted octanol–water partition coefficient (Wildman–Crippen LogP) is 4.71. The van der Waals surface area contributed by atoms with Gasteiger partial charge in [0.2, 0.25) is 22.8 Å². The smallest absolute Gasteiger partial charge is 0.307 e. The van der Waals surface area contributed by atoms with Gasteiger partial charge in [0.05, 0.1) is 12.5 Å². The van der Waals surface area contributed by atoms with Crippen LogP contribution in [-0.2, 0) is 43.2 Å². The SMILES string of the molecule is CC1=C(CCC(=O)O)c2cc3[nH+]c(cc4[nH]c(cc5[nH]c(cc1[nH+]2)c(CCC(=O)O)c5CC(=O)O)c(CCC(=O)O)c4C)C(CCC(=O)O)=C3C. The molecule has 266 valence electrons. The fraction of sp³-hybridized carbons (Fsp3) is 0.324. The molecule has 8 bridgehead atoms. The summed E-state index contributed by atoms with van der Waals surface area (Å²) in [6, 6.07) is 7.16. The molecular formula is C37H40N4O10+2. The Morgan fingerprint density at radius 3 is 1.43 bits per heavy atom. The number of rotatable bonds is 14. The molecular weight excluding hydrogens is 660 g/mol. The van der Waals surface area contributed by atoms with E-state index in [1.807, 2.05) is 32.9 Å². The Labute approximate surface area is 291 Å². The molecule has 0 atom stereocenters. The van der Waals surface area contributed by atoms with Crippen molar-refractivity contribution in [2.45, 2.75) is 78.6 Å². The van der Waals surface area contributed by atoms with Crippen molar-refractivity contribution in [2.24, 2.45) is 0 Å². The summed E-state index contributed by atoms with van der Waals surface area (Å²) in [5, 5.41) is 48.1. The van der Waals surface area contributed by atoms with Gasteiger partial charge < -0.3 is 35.5 Å². The van der Waals surface area contributed by atoms with E-state index in [0.29, 0.717) is 61.5 Å². The van der Waals surface area contributed by atoms with Crippen LogP contribution in [0.1, 0.15) is 97.4 Å². The molecule has 5 heterocycles. The van der Waals surface area contributed by atoms with Crippen molar-refractivity contribution in [3.8, 4) is 0 Å². The van der Waals surface area contributed by atoms with E-state index in [1.165, 1.54) is 0 Å². The summed E-state index contributed by atoms with van der Waals surface area (Å²) in [5.74, 6) is -5.12. The molecule has 0 amide bonds. The minimum atomic E-state index is -1.13. The molecule has 2 aliphatic heterocycles. The van der Waals surface area contributed by atoms with Crippen LogP contribution in [0.25, 0.3) is 44.4 Å². The second-order valence-corrected chi connectivity index (χ2v) is 12.8. The Hall–Kier alpha value is -6.05. The maximum atomic E-state index is 12.2. The van der Waals surface area contributed by atoms with Crippen molar-refractivity contribution < 1.29 is 59.5 Å². The molecule has 9 N–H and O–H groups in total. The number of H-pyrrole nitrogens is 4. The lowest BCUT2D eigenvalue weighted by atomic mass is 9.98. The molecule has 0 aromatic carbocycles. The molecule has 14 nitrogen and oxygen atoms in total. The number of carboxylic acids is 5. The monoisotopic (exact) mass is 700 g/mol. The average molecular weight is 701 g/mol. The number of carbonyl (C=O) groups is 5. The van der Waals surface area contributed by atoms with Gasteiger partial charge in [0, 0.05) is 82.2 Å². The molecule has 51 heavy (non-hydrogen) atoms. The second-order valence-electron chi connectivity index (χ2n) is 12.8. The van der Waals surface area contributed by atoms with E-state index < -0.39 is 36.3 Å². The van der Waals surface area contributed by atoms with Gasteiger partial charge in [-0.15, -0.1) is 0 Å². The predicted molar refractivity (Wildman–Crippen MR) is 185 cm³/mol. The summed E-state index contributed by atoms with van der Waals surface area (Å²) in [6.07, 6.45) is -0.508. The van der Waals surface area contributed by atoms with Crippen LogP contribution in [0.3, 0.4) is 0 Å². The van der Waals surface area contributed by atoms with Crippen LogP contribution < -0.4 is 9.97 Å². The van der Waals surface area contributed by atoms with Gasteiger partial charge in [-0.25, -0.2) is 9.97 Å². The van der Waals surface area contributed by atoms with Crippen molar-refractivity contribution in [1.29, 1.82) is 0 Å². The van der Waals surface area contributed by atoms with Crippen molar-refractivity contribution in [1.82, 2.24) is 9.97 Å². The molecule has 5 rings (SSSR count). The molecule has 3 aromatic rings. The first kappa shape index (κ1) is 36.2. The minimum absolute atomic E-state index is 0.0245. The Bertz CT molecular complexity index is 2220. The van der Waals surface area contributed by atoms with Gasteiger partial charge in [0.15, 0.2) is 0 Å². The van der Waals surface area contributed by atoms with E-state index in [4.69, 9.17) is 0 Å². The molecule has 0 spiro atoms. The Balaban J connectivity index is 1.96. The second kappa shape index (κ2) is 14.8. The first-order valence-electron chi connectivity index (χ1n) is 16.5. The third-order valence-electron chi connectivity index (χ3n) is 9.48. The van der Waals surface area contributed by atoms with Gasteiger partial charge >= 0.3 is 29.8 Å². The molecule has 2 aliphatic rings. The van der Waals surface area contributed by atoms with Crippen molar-refractivity contribution in [2.75, 3.05) is 0 Å². The normalized spacial score (nSPS) is 12.8. The number of aromatic amines is 4. The fourth-order valence-corrected chi connectivity index (χ4v) is 6.82. The lowest BCUT2D eigenvalue weighted by Gasteiger charge is -2.02. The first-order chi connectivity index (χ1) is 24.1. The van der Waals surface area contributed by atoms with Crippen LogP contribution in [0, 0.1) is 6.92 Å². The van der Waals surface area contributed by atoms with Crippen LogP contribution in [0.5, 0.6) is 0 Å². The largest absolute Gasteiger partial charge is 0.481 e. The van der Waals surface area contributed by atoms with Crippen molar-refractivity contribution >= 4 is 74.2 Å². The van der Waals surface area contributed by atoms with E-state index >= 15 is 0 Å². The zero-order valence-corrected chi connectivity index (χ0v) is 28.5. The number of fused-ring (bicyclic) bond motifs is 8. The van der Waals surface area contributed by atoms with Gasteiger partial charge in [-0.3, -0.25) is 24.0 Å². The summed E-state index contributed by atoms with van der Waals surface area (Å²) < 4.78 is 0.